The van der Waals surface area contributed by atoms with Crippen LogP contribution in [0.1, 0.15) is 115 Å². The first-order valence-corrected chi connectivity index (χ1v) is 17.6. The van der Waals surface area contributed by atoms with Crippen molar-refractivity contribution in [1.82, 2.24) is 0 Å². The molecular weight excluding hydrogens is 641 g/mol. The molecule has 0 saturated carbocycles. The maximum atomic E-state index is 14.1. The van der Waals surface area contributed by atoms with Crippen molar-refractivity contribution < 1.29 is 37.0 Å². The molecular formula is C42H53F3O5. The Morgan fingerprint density at radius 2 is 1.36 bits per heavy atom. The predicted octanol–water partition coefficient (Wildman–Crippen LogP) is 10.1. The maximum absolute atomic E-state index is 14.1. The molecule has 8 heteroatoms. The van der Waals surface area contributed by atoms with Crippen molar-refractivity contribution in [1.29, 1.82) is 0 Å². The second-order valence-corrected chi connectivity index (χ2v) is 11.7. The molecule has 1 rings (SSSR count). The van der Waals surface area contributed by atoms with E-state index in [4.69, 9.17) is 15.9 Å². The summed E-state index contributed by atoms with van der Waals surface area (Å²) < 4.78 is 56.4. The molecule has 0 amide bonds. The third-order valence-corrected chi connectivity index (χ3v) is 7.87. The molecule has 0 aliphatic rings. The lowest BCUT2D eigenvalue weighted by atomic mass is 9.92. The number of allylic oxidation sites excluding steroid dienone is 5. The number of benzene rings is 1. The summed E-state index contributed by atoms with van der Waals surface area (Å²) in [7, 11) is 2.14. The first kappa shape index (κ1) is 43.8. The quantitative estimate of drug-likeness (QED) is 0.0375. The Hall–Kier alpha value is -4.19. The standard InChI is InChI=1S/C42H53F3O5/c1-4-38(50-40(47)41(49-3,42(43,44)45)37-33-29-28-30-34-37)35-31-26-24-22-20-18-16-14-12-10-8-6-5-7-9-11-13-15-17-19-21-23-25-27-32-36-39(46)48-2/h1,8,10,25,27-31,33-35,38H,5-7,9,11-13,15,17-24,26H2,2-3H3/b10-8-,27-25-,35-31+/t38-,41-/m0/s1. The minimum atomic E-state index is -5.06. The minimum Gasteiger partial charge on any atom is -0.459 e. The van der Waals surface area contributed by atoms with Crippen LogP contribution >= 0.6 is 0 Å². The zero-order chi connectivity index (χ0) is 36.8. The normalized spacial score (nSPS) is 13.2. The van der Waals surface area contributed by atoms with Crippen molar-refractivity contribution >= 4 is 11.9 Å². The number of halogens is 3. The van der Waals surface area contributed by atoms with E-state index < -0.39 is 29.8 Å². The van der Waals surface area contributed by atoms with Gasteiger partial charge in [0.25, 0.3) is 5.60 Å². The highest BCUT2D eigenvalue weighted by molar-refractivity contribution is 5.88. The summed E-state index contributed by atoms with van der Waals surface area (Å²) in [6, 6.07) is 6.64. The zero-order valence-electron chi connectivity index (χ0n) is 29.7. The highest BCUT2D eigenvalue weighted by Crippen LogP contribution is 2.43. The zero-order valence-corrected chi connectivity index (χ0v) is 29.7. The fraction of sp³-hybridized carbons (Fsp3) is 0.524. The lowest BCUT2D eigenvalue weighted by Gasteiger charge is -2.32. The SMILES string of the molecule is C#C[C@@H](/C=C/CCCCCC#CC/C=C\CCCCCCCCCCC/C=C\C#CC(=O)OC)OC(=O)[C@@](OC)(c1ccccc1)C(F)(F)F. The fourth-order valence-corrected chi connectivity index (χ4v) is 5.06. The first-order valence-electron chi connectivity index (χ1n) is 17.6. The number of hydrogen-bond acceptors (Lipinski definition) is 5. The van der Waals surface area contributed by atoms with Crippen LogP contribution in [0.15, 0.2) is 66.8 Å². The van der Waals surface area contributed by atoms with Gasteiger partial charge >= 0.3 is 18.1 Å². The molecule has 0 N–H and O–H groups in total. The number of carbonyl (C=O) groups excluding carboxylic acids is 2. The lowest BCUT2D eigenvalue weighted by Crippen LogP contribution is -2.52. The van der Waals surface area contributed by atoms with Crippen LogP contribution in [0.3, 0.4) is 0 Å². The topological polar surface area (TPSA) is 61.8 Å². The van der Waals surface area contributed by atoms with E-state index in [0.29, 0.717) is 6.42 Å². The summed E-state index contributed by atoms with van der Waals surface area (Å²) in [5.41, 5.74) is -3.66. The molecule has 0 saturated heterocycles. The number of ether oxygens (including phenoxy) is 3. The summed E-state index contributed by atoms with van der Waals surface area (Å²) in [5, 5.41) is 0. The number of methoxy groups -OCH3 is 2. The van der Waals surface area contributed by atoms with E-state index in [0.717, 1.165) is 70.6 Å². The highest BCUT2D eigenvalue weighted by Gasteiger charge is 2.64. The number of terminal acetylenes is 1. The molecule has 5 nitrogen and oxygen atoms in total. The third kappa shape index (κ3) is 18.5. The van der Waals surface area contributed by atoms with E-state index in [-0.39, 0.29) is 5.56 Å². The highest BCUT2D eigenvalue weighted by atomic mass is 19.4. The van der Waals surface area contributed by atoms with E-state index in [1.807, 2.05) is 6.08 Å². The Morgan fingerprint density at radius 1 is 0.780 bits per heavy atom. The van der Waals surface area contributed by atoms with Crippen LogP contribution in [0.4, 0.5) is 13.2 Å². The largest absolute Gasteiger partial charge is 0.459 e. The number of carbonyl (C=O) groups is 2. The summed E-state index contributed by atoms with van der Waals surface area (Å²) in [5.74, 6) is 11.5. The monoisotopic (exact) mass is 694 g/mol. The van der Waals surface area contributed by atoms with Gasteiger partial charge in [-0.05, 0) is 57.1 Å². The lowest BCUT2D eigenvalue weighted by molar-refractivity contribution is -0.276. The van der Waals surface area contributed by atoms with E-state index in [2.05, 4.69) is 46.5 Å². The molecule has 0 bridgehead atoms. The van der Waals surface area contributed by atoms with Crippen molar-refractivity contribution in [3.05, 3.63) is 72.4 Å². The summed E-state index contributed by atoms with van der Waals surface area (Å²) in [4.78, 5) is 23.6. The molecule has 0 aromatic heterocycles. The Morgan fingerprint density at radius 3 is 1.94 bits per heavy atom. The molecule has 0 unspecified atom stereocenters. The Labute approximate surface area is 298 Å². The number of rotatable bonds is 23. The molecule has 1 aromatic rings. The molecule has 0 radical (unpaired) electrons. The number of alkyl halides is 3. The van der Waals surface area contributed by atoms with E-state index >= 15 is 0 Å². The van der Waals surface area contributed by atoms with Crippen LogP contribution < -0.4 is 0 Å². The van der Waals surface area contributed by atoms with Gasteiger partial charge in [0, 0.05) is 31.4 Å². The van der Waals surface area contributed by atoms with Crippen LogP contribution in [-0.4, -0.2) is 38.4 Å². The average molecular weight is 695 g/mol. The average Bonchev–Trinajstić information content (AvgIpc) is 3.10. The van der Waals surface area contributed by atoms with Crippen molar-refractivity contribution in [2.45, 2.75) is 127 Å². The Bertz CT molecular complexity index is 1350. The number of hydrogen-bond donors (Lipinski definition) is 0. The third-order valence-electron chi connectivity index (χ3n) is 7.87. The van der Waals surface area contributed by atoms with E-state index in [1.54, 1.807) is 12.2 Å². The predicted molar refractivity (Wildman–Crippen MR) is 193 cm³/mol. The van der Waals surface area contributed by atoms with Crippen LogP contribution in [0.2, 0.25) is 0 Å². The summed E-state index contributed by atoms with van der Waals surface area (Å²) in [6.07, 6.45) is 28.7. The molecule has 0 aliphatic carbocycles. The van der Waals surface area contributed by atoms with Crippen LogP contribution in [-0.2, 0) is 29.4 Å². The minimum absolute atomic E-state index is 0.385. The summed E-state index contributed by atoms with van der Waals surface area (Å²) in [6.45, 7) is 0. The molecule has 0 fully saturated rings. The maximum Gasteiger partial charge on any atom is 0.432 e. The van der Waals surface area contributed by atoms with E-state index in [9.17, 15) is 22.8 Å². The van der Waals surface area contributed by atoms with Crippen molar-refractivity contribution in [2.75, 3.05) is 14.2 Å². The Kier molecular flexibility index (Phi) is 24.2. The molecule has 50 heavy (non-hydrogen) atoms. The molecule has 1 aromatic carbocycles. The molecule has 2 atom stereocenters. The van der Waals surface area contributed by atoms with Gasteiger partial charge in [0.15, 0.2) is 6.10 Å². The van der Waals surface area contributed by atoms with E-state index in [1.165, 1.54) is 82.8 Å². The van der Waals surface area contributed by atoms with Crippen molar-refractivity contribution in [2.24, 2.45) is 0 Å². The molecule has 0 spiro atoms. The summed E-state index contributed by atoms with van der Waals surface area (Å²) >= 11 is 0. The molecule has 0 aliphatic heterocycles. The van der Waals surface area contributed by atoms with Gasteiger partial charge in [-0.3, -0.25) is 0 Å². The van der Waals surface area contributed by atoms with Crippen LogP contribution in [0, 0.1) is 36.0 Å². The fourth-order valence-electron chi connectivity index (χ4n) is 5.06. The van der Waals surface area contributed by atoms with Gasteiger partial charge in [-0.2, -0.15) is 13.2 Å². The second kappa shape index (κ2) is 27.6. The smallest absolute Gasteiger partial charge is 0.432 e. The van der Waals surface area contributed by atoms with Crippen LogP contribution in [0.5, 0.6) is 0 Å². The second-order valence-electron chi connectivity index (χ2n) is 11.7. The van der Waals surface area contributed by atoms with Gasteiger partial charge in [-0.1, -0.05) is 124 Å². The van der Waals surface area contributed by atoms with Gasteiger partial charge < -0.3 is 14.2 Å². The van der Waals surface area contributed by atoms with Crippen LogP contribution in [0.25, 0.3) is 0 Å². The number of unbranched alkanes of at least 4 members (excludes halogenated alkanes) is 14. The first-order chi connectivity index (χ1) is 24.2. The van der Waals surface area contributed by atoms with Gasteiger partial charge in [0.05, 0.1) is 7.11 Å². The van der Waals surface area contributed by atoms with Gasteiger partial charge in [0.2, 0.25) is 0 Å². The van der Waals surface area contributed by atoms with Gasteiger partial charge in [-0.25, -0.2) is 9.59 Å². The van der Waals surface area contributed by atoms with Gasteiger partial charge in [0.1, 0.15) is 0 Å². The Balaban J connectivity index is 2.09. The van der Waals surface area contributed by atoms with Crippen molar-refractivity contribution in [3.8, 4) is 36.0 Å². The number of esters is 2. The molecule has 272 valence electrons. The van der Waals surface area contributed by atoms with Gasteiger partial charge in [-0.15, -0.1) is 12.3 Å². The molecule has 0 heterocycles. The van der Waals surface area contributed by atoms with Crippen molar-refractivity contribution in [3.63, 3.8) is 0 Å².